The first-order chi connectivity index (χ1) is 9.56. The average Bonchev–Trinajstić information content (AvgIpc) is 2.76. The van der Waals surface area contributed by atoms with E-state index in [0.717, 1.165) is 19.3 Å². The lowest BCUT2D eigenvalue weighted by atomic mass is 9.90. The summed E-state index contributed by atoms with van der Waals surface area (Å²) in [5, 5.41) is 20.0. The Morgan fingerprint density at radius 1 is 1.25 bits per heavy atom. The fraction of sp³-hybridized carbons (Fsp3) is 0.688. The number of carbonyl (C=O) groups excluding carboxylic acids is 1. The molecule has 0 spiro atoms. The van der Waals surface area contributed by atoms with Crippen LogP contribution in [0.15, 0.2) is 24.3 Å². The number of cyclic esters (lactones) is 1. The van der Waals surface area contributed by atoms with Crippen molar-refractivity contribution in [2.75, 3.05) is 0 Å². The number of ether oxygens (including phenoxy) is 1. The lowest BCUT2D eigenvalue weighted by molar-refractivity contribution is -0.142. The molecule has 1 heterocycles. The Hall–Kier alpha value is -1.13. The van der Waals surface area contributed by atoms with Gasteiger partial charge in [-0.25, -0.2) is 4.79 Å². The van der Waals surface area contributed by atoms with Crippen LogP contribution in [0.3, 0.4) is 0 Å². The summed E-state index contributed by atoms with van der Waals surface area (Å²) in [5.74, 6) is -0.249. The largest absolute Gasteiger partial charge is 0.460 e. The number of fused-ring (bicyclic) bond motifs is 1. The van der Waals surface area contributed by atoms with Crippen molar-refractivity contribution < 1.29 is 19.7 Å². The molecule has 0 amide bonds. The van der Waals surface area contributed by atoms with Crippen LogP contribution in [0.2, 0.25) is 0 Å². The summed E-state index contributed by atoms with van der Waals surface area (Å²) in [7, 11) is 0. The third-order valence-corrected chi connectivity index (χ3v) is 4.19. The molecule has 112 valence electrons. The summed E-state index contributed by atoms with van der Waals surface area (Å²) in [6.07, 6.45) is 9.87. The van der Waals surface area contributed by atoms with E-state index in [9.17, 15) is 15.0 Å². The van der Waals surface area contributed by atoms with Crippen molar-refractivity contribution in [2.24, 2.45) is 11.8 Å². The van der Waals surface area contributed by atoms with E-state index in [-0.39, 0.29) is 24.0 Å². The van der Waals surface area contributed by atoms with Crippen LogP contribution in [-0.4, -0.2) is 34.5 Å². The Morgan fingerprint density at radius 2 is 2.05 bits per heavy atom. The van der Waals surface area contributed by atoms with E-state index < -0.39 is 12.1 Å². The van der Waals surface area contributed by atoms with E-state index >= 15 is 0 Å². The zero-order valence-corrected chi connectivity index (χ0v) is 11.9. The monoisotopic (exact) mass is 280 g/mol. The van der Waals surface area contributed by atoms with Gasteiger partial charge in [0.1, 0.15) is 0 Å². The Labute approximate surface area is 120 Å². The summed E-state index contributed by atoms with van der Waals surface area (Å²) < 4.78 is 5.23. The van der Waals surface area contributed by atoms with E-state index in [1.165, 1.54) is 12.2 Å². The fourth-order valence-corrected chi connectivity index (χ4v) is 3.10. The molecule has 1 saturated carbocycles. The van der Waals surface area contributed by atoms with Crippen molar-refractivity contribution in [3.8, 4) is 0 Å². The predicted molar refractivity (Wildman–Crippen MR) is 75.9 cm³/mol. The maximum absolute atomic E-state index is 11.6. The summed E-state index contributed by atoms with van der Waals surface area (Å²) in [4.78, 5) is 11.6. The molecule has 0 aromatic carbocycles. The minimum atomic E-state index is -0.717. The Bertz CT molecular complexity index is 388. The fourth-order valence-electron chi connectivity index (χ4n) is 3.10. The van der Waals surface area contributed by atoms with Crippen LogP contribution in [0, 0.1) is 11.8 Å². The molecule has 1 unspecified atom stereocenters. The topological polar surface area (TPSA) is 66.8 Å². The van der Waals surface area contributed by atoms with Crippen LogP contribution < -0.4 is 0 Å². The summed E-state index contributed by atoms with van der Waals surface area (Å²) in [6, 6.07) is 0. The van der Waals surface area contributed by atoms with Crippen LogP contribution >= 0.6 is 0 Å². The van der Waals surface area contributed by atoms with Crippen molar-refractivity contribution in [3.05, 3.63) is 24.3 Å². The minimum absolute atomic E-state index is 0.0246. The number of esters is 1. The number of aliphatic hydroxyl groups is 2. The molecule has 4 nitrogen and oxygen atoms in total. The average molecular weight is 280 g/mol. The van der Waals surface area contributed by atoms with Gasteiger partial charge in [-0.15, -0.1) is 0 Å². The van der Waals surface area contributed by atoms with E-state index in [0.29, 0.717) is 12.8 Å². The maximum atomic E-state index is 11.6. The molecule has 2 aliphatic rings. The third kappa shape index (κ3) is 4.18. The highest BCUT2D eigenvalue weighted by Crippen LogP contribution is 2.36. The lowest BCUT2D eigenvalue weighted by Gasteiger charge is -2.19. The van der Waals surface area contributed by atoms with E-state index in [1.54, 1.807) is 0 Å². The van der Waals surface area contributed by atoms with Gasteiger partial charge in [-0.1, -0.05) is 12.2 Å². The zero-order valence-electron chi connectivity index (χ0n) is 11.9. The standard InChI is InChI=1S/C16H24O4/c1-11-5-3-2-4-6-12-9-13(17)10-14(12)15(18)7-8-16(19)20-11/h4,6-8,11-15,17-18H,2-3,5,9-10H2,1H3/b6-4+,8-7+/t11-,12+,13-,14+,15?/m0/s1. The van der Waals surface area contributed by atoms with Crippen LogP contribution in [0.5, 0.6) is 0 Å². The van der Waals surface area contributed by atoms with Crippen molar-refractivity contribution in [2.45, 2.75) is 57.3 Å². The Morgan fingerprint density at radius 3 is 2.85 bits per heavy atom. The minimum Gasteiger partial charge on any atom is -0.460 e. The van der Waals surface area contributed by atoms with Gasteiger partial charge in [0.2, 0.25) is 0 Å². The van der Waals surface area contributed by atoms with Gasteiger partial charge in [-0.05, 0) is 56.9 Å². The molecule has 0 bridgehead atoms. The predicted octanol–water partition coefficient (Wildman–Crippen LogP) is 1.96. The van der Waals surface area contributed by atoms with Gasteiger partial charge in [0.25, 0.3) is 0 Å². The molecular weight excluding hydrogens is 256 g/mol. The first-order valence-electron chi connectivity index (χ1n) is 7.48. The molecular formula is C16H24O4. The van der Waals surface area contributed by atoms with E-state index in [1.807, 2.05) is 6.92 Å². The van der Waals surface area contributed by atoms with Gasteiger partial charge < -0.3 is 14.9 Å². The van der Waals surface area contributed by atoms with Gasteiger partial charge in [0.15, 0.2) is 0 Å². The number of rotatable bonds is 0. The van der Waals surface area contributed by atoms with Crippen LogP contribution in [0.1, 0.15) is 39.0 Å². The molecule has 20 heavy (non-hydrogen) atoms. The van der Waals surface area contributed by atoms with Gasteiger partial charge in [-0.3, -0.25) is 0 Å². The molecule has 4 heteroatoms. The normalized spacial score (nSPS) is 42.5. The lowest BCUT2D eigenvalue weighted by Crippen LogP contribution is -2.21. The van der Waals surface area contributed by atoms with Crippen molar-refractivity contribution in [1.29, 1.82) is 0 Å². The molecule has 2 rings (SSSR count). The second-order valence-electron chi connectivity index (χ2n) is 5.91. The third-order valence-electron chi connectivity index (χ3n) is 4.19. The first-order valence-corrected chi connectivity index (χ1v) is 7.48. The molecule has 1 aliphatic heterocycles. The van der Waals surface area contributed by atoms with Gasteiger partial charge >= 0.3 is 5.97 Å². The summed E-state index contributed by atoms with van der Waals surface area (Å²) in [5.41, 5.74) is 0. The number of carbonyl (C=O) groups is 1. The van der Waals surface area contributed by atoms with Gasteiger partial charge in [-0.2, -0.15) is 0 Å². The van der Waals surface area contributed by atoms with Crippen molar-refractivity contribution >= 4 is 5.97 Å². The molecule has 5 atom stereocenters. The summed E-state index contributed by atoms with van der Waals surface area (Å²) >= 11 is 0. The maximum Gasteiger partial charge on any atom is 0.330 e. The van der Waals surface area contributed by atoms with Crippen molar-refractivity contribution in [3.63, 3.8) is 0 Å². The number of hydrogen-bond acceptors (Lipinski definition) is 4. The highest BCUT2D eigenvalue weighted by Gasteiger charge is 2.35. The SMILES string of the molecule is C[C@H]1CCC/C=C/[C@@H]2C[C@H](O)C[C@H]2C(O)/C=C/C(=O)O1. The molecule has 0 saturated heterocycles. The van der Waals surface area contributed by atoms with Gasteiger partial charge in [0, 0.05) is 6.08 Å². The second-order valence-corrected chi connectivity index (χ2v) is 5.91. The molecule has 0 radical (unpaired) electrons. The molecule has 2 N–H and O–H groups in total. The first kappa shape index (κ1) is 15.3. The number of hydrogen-bond donors (Lipinski definition) is 2. The quantitative estimate of drug-likeness (QED) is 0.526. The Balaban J connectivity index is 2.11. The molecule has 0 aromatic heterocycles. The van der Waals surface area contributed by atoms with E-state index in [2.05, 4.69) is 12.2 Å². The van der Waals surface area contributed by atoms with Crippen LogP contribution in [0.25, 0.3) is 0 Å². The van der Waals surface area contributed by atoms with Crippen LogP contribution in [-0.2, 0) is 9.53 Å². The zero-order chi connectivity index (χ0) is 14.5. The second kappa shape index (κ2) is 7.04. The highest BCUT2D eigenvalue weighted by molar-refractivity contribution is 5.82. The highest BCUT2D eigenvalue weighted by atomic mass is 16.5. The smallest absolute Gasteiger partial charge is 0.330 e. The van der Waals surface area contributed by atoms with Crippen LogP contribution in [0.4, 0.5) is 0 Å². The number of allylic oxidation sites excluding steroid dienone is 2. The van der Waals surface area contributed by atoms with E-state index in [4.69, 9.17) is 4.74 Å². The number of aliphatic hydroxyl groups excluding tert-OH is 2. The van der Waals surface area contributed by atoms with Gasteiger partial charge in [0.05, 0.1) is 18.3 Å². The molecule has 1 fully saturated rings. The molecule has 0 aromatic rings. The molecule has 1 aliphatic carbocycles. The summed E-state index contributed by atoms with van der Waals surface area (Å²) in [6.45, 7) is 1.89. The Kier molecular flexibility index (Phi) is 5.38. The van der Waals surface area contributed by atoms with Crippen molar-refractivity contribution in [1.82, 2.24) is 0 Å².